The molecular formula is C12H22N4. The summed E-state index contributed by atoms with van der Waals surface area (Å²) in [4.78, 5) is 2.45. The Labute approximate surface area is 97.4 Å². The van der Waals surface area contributed by atoms with Gasteiger partial charge in [-0.05, 0) is 38.4 Å². The molecule has 1 aromatic heterocycles. The number of hydrogen-bond donors (Lipinski definition) is 1. The van der Waals surface area contributed by atoms with Crippen LogP contribution >= 0.6 is 0 Å². The Morgan fingerprint density at radius 3 is 3.06 bits per heavy atom. The minimum Gasteiger partial charge on any atom is -0.330 e. The molecule has 4 heteroatoms. The molecule has 1 aliphatic rings. The Kier molecular flexibility index (Phi) is 3.96. The summed E-state index contributed by atoms with van der Waals surface area (Å²) in [7, 11) is 2.21. The molecule has 2 rings (SSSR count). The number of nitrogens with two attached hydrogens (primary N) is 1. The van der Waals surface area contributed by atoms with E-state index in [-0.39, 0.29) is 0 Å². The zero-order chi connectivity index (χ0) is 11.4. The van der Waals surface area contributed by atoms with E-state index in [0.717, 1.165) is 19.6 Å². The zero-order valence-electron chi connectivity index (χ0n) is 10.0. The highest BCUT2D eigenvalue weighted by Crippen LogP contribution is 2.28. The van der Waals surface area contributed by atoms with Gasteiger partial charge in [0.15, 0.2) is 0 Å². The molecule has 0 saturated heterocycles. The second-order valence-electron chi connectivity index (χ2n) is 4.74. The van der Waals surface area contributed by atoms with Crippen LogP contribution in [0.2, 0.25) is 0 Å². The van der Waals surface area contributed by atoms with E-state index in [0.29, 0.717) is 12.0 Å². The summed E-state index contributed by atoms with van der Waals surface area (Å²) in [5.41, 5.74) is 5.81. The van der Waals surface area contributed by atoms with Crippen molar-refractivity contribution in [1.82, 2.24) is 14.7 Å². The van der Waals surface area contributed by atoms with Crippen LogP contribution in [0, 0.1) is 5.92 Å². The number of hydrogen-bond acceptors (Lipinski definition) is 3. The molecule has 2 atom stereocenters. The van der Waals surface area contributed by atoms with Crippen LogP contribution in [0.3, 0.4) is 0 Å². The lowest BCUT2D eigenvalue weighted by atomic mass is 10.0. The fourth-order valence-corrected chi connectivity index (χ4v) is 2.73. The third-order valence-electron chi connectivity index (χ3n) is 3.73. The fraction of sp³-hybridized carbons (Fsp3) is 0.750. The Morgan fingerprint density at radius 1 is 1.50 bits per heavy atom. The zero-order valence-corrected chi connectivity index (χ0v) is 10.0. The van der Waals surface area contributed by atoms with Crippen LogP contribution in [0.25, 0.3) is 0 Å². The second kappa shape index (κ2) is 5.46. The first-order valence-corrected chi connectivity index (χ1v) is 6.19. The highest BCUT2D eigenvalue weighted by molar-refractivity contribution is 4.85. The molecule has 0 spiro atoms. The van der Waals surface area contributed by atoms with E-state index in [2.05, 4.69) is 17.0 Å². The van der Waals surface area contributed by atoms with Crippen LogP contribution in [0.1, 0.15) is 19.3 Å². The number of likely N-dealkylation sites (N-methyl/N-ethyl adjacent to an activating group) is 1. The Balaban J connectivity index is 1.81. The molecule has 1 fully saturated rings. The van der Waals surface area contributed by atoms with Gasteiger partial charge in [0, 0.05) is 25.0 Å². The molecule has 0 aromatic carbocycles. The van der Waals surface area contributed by atoms with Crippen LogP contribution in [0.5, 0.6) is 0 Å². The SMILES string of the molecule is CN(CCn1cccn1)C1CCCC1CN. The van der Waals surface area contributed by atoms with Crippen LogP contribution in [0.4, 0.5) is 0 Å². The van der Waals surface area contributed by atoms with Crippen molar-refractivity contribution >= 4 is 0 Å². The van der Waals surface area contributed by atoms with E-state index in [1.807, 2.05) is 23.1 Å². The van der Waals surface area contributed by atoms with E-state index in [1.54, 1.807) is 0 Å². The highest BCUT2D eigenvalue weighted by atomic mass is 15.3. The van der Waals surface area contributed by atoms with Crippen LogP contribution in [-0.4, -0.2) is 40.9 Å². The Bertz CT molecular complexity index is 296. The molecule has 1 saturated carbocycles. The number of aromatic nitrogens is 2. The molecule has 0 amide bonds. The average molecular weight is 222 g/mol. The van der Waals surface area contributed by atoms with Crippen molar-refractivity contribution in [3.8, 4) is 0 Å². The Hall–Kier alpha value is -0.870. The topological polar surface area (TPSA) is 47.1 Å². The molecular weight excluding hydrogens is 200 g/mol. The quantitative estimate of drug-likeness (QED) is 0.806. The summed E-state index contributed by atoms with van der Waals surface area (Å²) in [6, 6.07) is 2.65. The van der Waals surface area contributed by atoms with Crippen LogP contribution in [-0.2, 0) is 6.54 Å². The lowest BCUT2D eigenvalue weighted by Crippen LogP contribution is -2.39. The van der Waals surface area contributed by atoms with E-state index in [1.165, 1.54) is 19.3 Å². The van der Waals surface area contributed by atoms with E-state index in [9.17, 15) is 0 Å². The third kappa shape index (κ3) is 2.62. The standard InChI is InChI=1S/C12H22N4/c1-15(8-9-16-7-3-6-14-16)12-5-2-4-11(12)10-13/h3,6-7,11-12H,2,4-5,8-10,13H2,1H3. The predicted octanol–water partition coefficient (Wildman–Crippen LogP) is 0.942. The fourth-order valence-electron chi connectivity index (χ4n) is 2.73. The minimum absolute atomic E-state index is 0.681. The first kappa shape index (κ1) is 11.6. The minimum atomic E-state index is 0.681. The van der Waals surface area contributed by atoms with E-state index >= 15 is 0 Å². The average Bonchev–Trinajstić information content (AvgIpc) is 2.96. The molecule has 0 aliphatic heterocycles. The summed E-state index contributed by atoms with van der Waals surface area (Å²) in [5.74, 6) is 0.697. The third-order valence-corrected chi connectivity index (χ3v) is 3.73. The normalized spacial score (nSPS) is 25.4. The van der Waals surface area contributed by atoms with Crippen LogP contribution < -0.4 is 5.73 Å². The van der Waals surface area contributed by atoms with Crippen molar-refractivity contribution in [3.63, 3.8) is 0 Å². The summed E-state index contributed by atoms with van der Waals surface area (Å²) in [6.07, 6.45) is 7.78. The van der Waals surface area contributed by atoms with Gasteiger partial charge in [0.25, 0.3) is 0 Å². The molecule has 1 aromatic rings. The maximum atomic E-state index is 5.81. The van der Waals surface area contributed by atoms with Crippen molar-refractivity contribution in [1.29, 1.82) is 0 Å². The summed E-state index contributed by atoms with van der Waals surface area (Å²) in [5, 5.41) is 4.22. The van der Waals surface area contributed by atoms with Gasteiger partial charge in [0.2, 0.25) is 0 Å². The van der Waals surface area contributed by atoms with Gasteiger partial charge >= 0.3 is 0 Å². The van der Waals surface area contributed by atoms with Gasteiger partial charge in [0.1, 0.15) is 0 Å². The highest BCUT2D eigenvalue weighted by Gasteiger charge is 2.28. The van der Waals surface area contributed by atoms with Crippen molar-refractivity contribution in [2.45, 2.75) is 31.8 Å². The first-order valence-electron chi connectivity index (χ1n) is 6.19. The van der Waals surface area contributed by atoms with Gasteiger partial charge in [-0.2, -0.15) is 5.10 Å². The molecule has 4 nitrogen and oxygen atoms in total. The number of rotatable bonds is 5. The molecule has 90 valence electrons. The largest absolute Gasteiger partial charge is 0.330 e. The number of nitrogens with zero attached hydrogens (tertiary/aromatic N) is 3. The molecule has 0 bridgehead atoms. The monoisotopic (exact) mass is 222 g/mol. The van der Waals surface area contributed by atoms with Gasteiger partial charge in [-0.3, -0.25) is 4.68 Å². The smallest absolute Gasteiger partial charge is 0.0536 e. The molecule has 16 heavy (non-hydrogen) atoms. The van der Waals surface area contributed by atoms with Gasteiger partial charge in [-0.1, -0.05) is 6.42 Å². The van der Waals surface area contributed by atoms with Gasteiger partial charge in [-0.15, -0.1) is 0 Å². The summed E-state index contributed by atoms with van der Waals surface area (Å²) in [6.45, 7) is 2.86. The molecule has 2 N–H and O–H groups in total. The van der Waals surface area contributed by atoms with Crippen molar-refractivity contribution in [2.24, 2.45) is 11.7 Å². The van der Waals surface area contributed by atoms with Crippen molar-refractivity contribution in [2.75, 3.05) is 20.1 Å². The van der Waals surface area contributed by atoms with E-state index in [4.69, 9.17) is 5.73 Å². The molecule has 1 aliphatic carbocycles. The summed E-state index contributed by atoms with van der Waals surface area (Å²) >= 11 is 0. The predicted molar refractivity (Wildman–Crippen MR) is 65.0 cm³/mol. The molecule has 2 unspecified atom stereocenters. The van der Waals surface area contributed by atoms with E-state index < -0.39 is 0 Å². The molecule has 1 heterocycles. The second-order valence-corrected chi connectivity index (χ2v) is 4.74. The molecule has 0 radical (unpaired) electrons. The maximum absolute atomic E-state index is 5.81. The van der Waals surface area contributed by atoms with Gasteiger partial charge < -0.3 is 10.6 Å². The van der Waals surface area contributed by atoms with Crippen LogP contribution in [0.15, 0.2) is 18.5 Å². The Morgan fingerprint density at radius 2 is 2.38 bits per heavy atom. The maximum Gasteiger partial charge on any atom is 0.0536 e. The first-order chi connectivity index (χ1) is 7.81. The van der Waals surface area contributed by atoms with Gasteiger partial charge in [0.05, 0.1) is 6.54 Å². The van der Waals surface area contributed by atoms with Crippen molar-refractivity contribution < 1.29 is 0 Å². The lowest BCUT2D eigenvalue weighted by molar-refractivity contribution is 0.191. The summed E-state index contributed by atoms with van der Waals surface area (Å²) < 4.78 is 1.99. The van der Waals surface area contributed by atoms with Gasteiger partial charge in [-0.25, -0.2) is 0 Å². The van der Waals surface area contributed by atoms with Crippen molar-refractivity contribution in [3.05, 3.63) is 18.5 Å². The lowest BCUT2D eigenvalue weighted by Gasteiger charge is -2.28.